The van der Waals surface area contributed by atoms with Gasteiger partial charge in [0.25, 0.3) is 0 Å². The van der Waals surface area contributed by atoms with Gasteiger partial charge >= 0.3 is 6.18 Å². The number of halogens is 3. The van der Waals surface area contributed by atoms with Gasteiger partial charge in [0, 0.05) is 25.5 Å². The van der Waals surface area contributed by atoms with Crippen molar-refractivity contribution in [3.8, 4) is 5.75 Å². The molecular formula is C17H22F3N4OS+. The number of ether oxygens (including phenoxy) is 1. The van der Waals surface area contributed by atoms with Crippen LogP contribution in [-0.4, -0.2) is 27.5 Å². The highest BCUT2D eigenvalue weighted by Crippen LogP contribution is 2.27. The molecule has 0 radical (unpaired) electrons. The third-order valence-corrected chi connectivity index (χ3v) is 5.21. The number of benzene rings is 1. The second kappa shape index (κ2) is 7.40. The van der Waals surface area contributed by atoms with Crippen LogP contribution in [0.15, 0.2) is 24.3 Å². The monoisotopic (exact) mass is 387 g/mol. The molecule has 1 fully saturated rings. The first-order chi connectivity index (χ1) is 12.3. The maximum atomic E-state index is 13.0. The minimum Gasteiger partial charge on any atom is -0.494 e. The SMILES string of the molecule is CCOc1ccc([C@H]2CCC[NH+]2Cn2nc(C(F)(F)F)n(C)c2=S)cc1. The van der Waals surface area contributed by atoms with Crippen molar-refractivity contribution in [2.24, 2.45) is 7.05 Å². The zero-order valence-corrected chi connectivity index (χ0v) is 15.5. The van der Waals surface area contributed by atoms with E-state index in [1.54, 1.807) is 0 Å². The number of quaternary nitrogens is 1. The summed E-state index contributed by atoms with van der Waals surface area (Å²) in [6.07, 6.45) is -2.52. The van der Waals surface area contributed by atoms with Gasteiger partial charge in [-0.05, 0) is 43.4 Å². The summed E-state index contributed by atoms with van der Waals surface area (Å²) in [7, 11) is 1.30. The number of hydrogen-bond acceptors (Lipinski definition) is 3. The van der Waals surface area contributed by atoms with E-state index in [0.717, 1.165) is 40.2 Å². The van der Waals surface area contributed by atoms with Crippen LogP contribution in [0.1, 0.15) is 37.2 Å². The number of alkyl halides is 3. The Labute approximate surface area is 155 Å². The highest BCUT2D eigenvalue weighted by Gasteiger charge is 2.38. The number of hydrogen-bond donors (Lipinski definition) is 1. The molecule has 1 aromatic heterocycles. The molecule has 26 heavy (non-hydrogen) atoms. The fourth-order valence-electron chi connectivity index (χ4n) is 3.50. The maximum absolute atomic E-state index is 13.0. The molecule has 1 saturated heterocycles. The number of rotatable bonds is 5. The molecule has 2 aromatic rings. The number of likely N-dealkylation sites (tertiary alicyclic amines) is 1. The normalized spacial score (nSPS) is 20.5. The lowest BCUT2D eigenvalue weighted by Gasteiger charge is -2.21. The first kappa shape index (κ1) is 18.9. The van der Waals surface area contributed by atoms with Gasteiger partial charge in [-0.25, -0.2) is 0 Å². The van der Waals surface area contributed by atoms with Crippen LogP contribution in [0.4, 0.5) is 13.2 Å². The molecule has 0 amide bonds. The van der Waals surface area contributed by atoms with Crippen LogP contribution in [0, 0.1) is 4.77 Å². The minimum absolute atomic E-state index is 0.0853. The van der Waals surface area contributed by atoms with E-state index in [1.165, 1.54) is 11.7 Å². The molecule has 1 aliphatic rings. The summed E-state index contributed by atoms with van der Waals surface area (Å²) < 4.78 is 46.9. The van der Waals surface area contributed by atoms with Gasteiger partial charge < -0.3 is 9.64 Å². The molecule has 5 nitrogen and oxygen atoms in total. The Bertz CT molecular complexity index is 813. The second-order valence-corrected chi connectivity index (χ2v) is 6.79. The van der Waals surface area contributed by atoms with Gasteiger partial charge in [0.2, 0.25) is 10.6 Å². The van der Waals surface area contributed by atoms with E-state index in [-0.39, 0.29) is 10.8 Å². The van der Waals surface area contributed by atoms with Crippen molar-refractivity contribution in [2.45, 2.75) is 38.7 Å². The number of nitrogens with one attached hydrogen (secondary N) is 1. The van der Waals surface area contributed by atoms with E-state index >= 15 is 0 Å². The van der Waals surface area contributed by atoms with E-state index in [1.807, 2.05) is 31.2 Å². The van der Waals surface area contributed by atoms with Gasteiger partial charge in [-0.15, -0.1) is 5.10 Å². The lowest BCUT2D eigenvalue weighted by atomic mass is 10.0. The van der Waals surface area contributed by atoms with Crippen molar-refractivity contribution in [3.63, 3.8) is 0 Å². The van der Waals surface area contributed by atoms with Crippen LogP contribution in [0.5, 0.6) is 5.75 Å². The van der Waals surface area contributed by atoms with Gasteiger partial charge in [0.05, 0.1) is 13.2 Å². The lowest BCUT2D eigenvalue weighted by Crippen LogP contribution is -3.09. The zero-order chi connectivity index (χ0) is 18.9. The Kier molecular flexibility index (Phi) is 5.38. The Morgan fingerprint density at radius 3 is 2.58 bits per heavy atom. The molecule has 0 bridgehead atoms. The van der Waals surface area contributed by atoms with Crippen LogP contribution >= 0.6 is 12.2 Å². The highest BCUT2D eigenvalue weighted by molar-refractivity contribution is 7.71. The Morgan fingerprint density at radius 2 is 2.00 bits per heavy atom. The molecule has 1 aromatic carbocycles. The van der Waals surface area contributed by atoms with Crippen molar-refractivity contribution in [1.82, 2.24) is 14.3 Å². The maximum Gasteiger partial charge on any atom is 0.451 e. The largest absolute Gasteiger partial charge is 0.494 e. The lowest BCUT2D eigenvalue weighted by molar-refractivity contribution is -0.941. The van der Waals surface area contributed by atoms with Gasteiger partial charge in [-0.2, -0.15) is 17.9 Å². The van der Waals surface area contributed by atoms with Gasteiger partial charge in [-0.1, -0.05) is 0 Å². The topological polar surface area (TPSA) is 36.4 Å². The molecule has 0 aliphatic carbocycles. The van der Waals surface area contributed by atoms with Gasteiger partial charge in [0.1, 0.15) is 11.8 Å². The molecule has 1 N–H and O–H groups in total. The third kappa shape index (κ3) is 3.78. The summed E-state index contributed by atoms with van der Waals surface area (Å²) in [6, 6.07) is 8.13. The molecule has 142 valence electrons. The average molecular weight is 387 g/mol. The summed E-state index contributed by atoms with van der Waals surface area (Å²) in [5.74, 6) is -0.142. The van der Waals surface area contributed by atoms with Crippen molar-refractivity contribution in [3.05, 3.63) is 40.4 Å². The smallest absolute Gasteiger partial charge is 0.451 e. The Balaban J connectivity index is 1.80. The van der Waals surface area contributed by atoms with Gasteiger partial charge in [-0.3, -0.25) is 4.57 Å². The van der Waals surface area contributed by atoms with E-state index in [4.69, 9.17) is 17.0 Å². The molecule has 0 spiro atoms. The van der Waals surface area contributed by atoms with E-state index in [2.05, 4.69) is 5.10 Å². The second-order valence-electron chi connectivity index (χ2n) is 6.43. The Hall–Kier alpha value is -1.87. The van der Waals surface area contributed by atoms with Crippen molar-refractivity contribution < 1.29 is 22.8 Å². The van der Waals surface area contributed by atoms with Crippen LogP contribution in [0.3, 0.4) is 0 Å². The van der Waals surface area contributed by atoms with Crippen LogP contribution < -0.4 is 9.64 Å². The van der Waals surface area contributed by atoms with Crippen LogP contribution in [0.2, 0.25) is 0 Å². The van der Waals surface area contributed by atoms with Crippen molar-refractivity contribution >= 4 is 12.2 Å². The Morgan fingerprint density at radius 1 is 1.31 bits per heavy atom. The zero-order valence-electron chi connectivity index (χ0n) is 14.7. The minimum atomic E-state index is -4.51. The third-order valence-electron chi connectivity index (χ3n) is 4.72. The highest BCUT2D eigenvalue weighted by atomic mass is 32.1. The molecular weight excluding hydrogens is 365 g/mol. The summed E-state index contributed by atoms with van der Waals surface area (Å²) in [5, 5.41) is 3.72. The fraction of sp³-hybridized carbons (Fsp3) is 0.529. The van der Waals surface area contributed by atoms with E-state index < -0.39 is 12.0 Å². The molecule has 1 aliphatic heterocycles. The van der Waals surface area contributed by atoms with Crippen molar-refractivity contribution in [2.75, 3.05) is 13.2 Å². The first-order valence-corrected chi connectivity index (χ1v) is 9.00. The predicted molar refractivity (Wildman–Crippen MR) is 92.4 cm³/mol. The van der Waals surface area contributed by atoms with Crippen LogP contribution in [-0.2, 0) is 19.9 Å². The first-order valence-electron chi connectivity index (χ1n) is 8.59. The number of nitrogens with zero attached hydrogens (tertiary/aromatic N) is 3. The van der Waals surface area contributed by atoms with Crippen LogP contribution in [0.25, 0.3) is 0 Å². The molecule has 2 atom stereocenters. The fourth-order valence-corrected chi connectivity index (χ4v) is 3.69. The average Bonchev–Trinajstić information content (AvgIpc) is 3.16. The summed E-state index contributed by atoms with van der Waals surface area (Å²) >= 11 is 5.15. The van der Waals surface area contributed by atoms with E-state index in [0.29, 0.717) is 13.3 Å². The molecule has 0 saturated carbocycles. The van der Waals surface area contributed by atoms with Crippen molar-refractivity contribution in [1.29, 1.82) is 0 Å². The molecule has 1 unspecified atom stereocenters. The predicted octanol–water partition coefficient (Wildman–Crippen LogP) is 2.75. The standard InChI is InChI=1S/C17H21F3N4OS/c1-3-25-13-8-6-12(7-9-13)14-5-4-10-23(14)11-24-16(26)22(2)15(21-24)17(18,19)20/h6-9,14H,3-5,10-11H2,1-2H3/p+1/t14-/m1/s1. The van der Waals surface area contributed by atoms with E-state index in [9.17, 15) is 13.2 Å². The molecule has 9 heteroatoms. The summed E-state index contributed by atoms with van der Waals surface area (Å²) in [5.41, 5.74) is 1.15. The van der Waals surface area contributed by atoms with Gasteiger partial charge in [0.15, 0.2) is 6.67 Å². The summed E-state index contributed by atoms with van der Waals surface area (Å²) in [4.78, 5) is 1.16. The molecule has 2 heterocycles. The quantitative estimate of drug-likeness (QED) is 0.802. The number of aromatic nitrogens is 3. The summed E-state index contributed by atoms with van der Waals surface area (Å²) in [6.45, 7) is 3.74. The molecule has 3 rings (SSSR count).